The molecule has 6 nitrogen and oxygen atoms in total. The maximum absolute atomic E-state index is 13.3. The number of ether oxygens (including phenoxy) is 2. The minimum atomic E-state index is -0.400. The van der Waals surface area contributed by atoms with Crippen molar-refractivity contribution in [3.8, 4) is 34.1 Å². The zero-order chi connectivity index (χ0) is 23.3. The van der Waals surface area contributed by atoms with Gasteiger partial charge in [-0.2, -0.15) is 0 Å². The van der Waals surface area contributed by atoms with Crippen LogP contribution in [0.1, 0.15) is 27.9 Å². The van der Waals surface area contributed by atoms with Gasteiger partial charge < -0.3 is 19.7 Å². The zero-order valence-corrected chi connectivity index (χ0v) is 17.9. The lowest BCUT2D eigenvalue weighted by Gasteiger charge is -2.15. The Morgan fingerprint density at radius 1 is 0.969 bits per heavy atom. The van der Waals surface area contributed by atoms with E-state index in [1.165, 1.54) is 32.4 Å². The van der Waals surface area contributed by atoms with Crippen LogP contribution in [0.25, 0.3) is 11.1 Å². The molecule has 0 aromatic heterocycles. The van der Waals surface area contributed by atoms with Crippen molar-refractivity contribution >= 4 is 11.6 Å². The predicted octanol–water partition coefficient (Wildman–Crippen LogP) is 4.70. The molecule has 0 aliphatic carbocycles. The summed E-state index contributed by atoms with van der Waals surface area (Å²) in [6.45, 7) is 3.49. The fourth-order valence-corrected chi connectivity index (χ4v) is 3.45. The predicted molar refractivity (Wildman–Crippen MR) is 122 cm³/mol. The van der Waals surface area contributed by atoms with E-state index in [9.17, 15) is 19.8 Å². The Balaban J connectivity index is 2.10. The number of carbonyl (C=O) groups excluding carboxylic acids is 2. The minimum Gasteiger partial charge on any atom is -0.504 e. The number of aryl methyl sites for hydroxylation is 1. The van der Waals surface area contributed by atoms with Crippen molar-refractivity contribution in [2.24, 2.45) is 0 Å². The number of benzene rings is 3. The van der Waals surface area contributed by atoms with Gasteiger partial charge in [-0.3, -0.25) is 9.59 Å². The summed E-state index contributed by atoms with van der Waals surface area (Å²) in [6.07, 6.45) is 1.90. The van der Waals surface area contributed by atoms with Crippen molar-refractivity contribution in [2.75, 3.05) is 14.2 Å². The molecule has 0 amide bonds. The number of phenolic OH excluding ortho intramolecular Hbond substituents is 2. The first-order valence-electron chi connectivity index (χ1n) is 9.95. The van der Waals surface area contributed by atoms with Crippen molar-refractivity contribution in [3.63, 3.8) is 0 Å². The summed E-state index contributed by atoms with van der Waals surface area (Å²) in [5.74, 6) is 0.0239. The highest BCUT2D eigenvalue weighted by Crippen LogP contribution is 2.41. The Hall–Kier alpha value is -4.06. The van der Waals surface area contributed by atoms with Crippen LogP contribution in [0.2, 0.25) is 0 Å². The summed E-state index contributed by atoms with van der Waals surface area (Å²) in [5.41, 5.74) is 2.07. The van der Waals surface area contributed by atoms with Crippen LogP contribution in [0.4, 0.5) is 0 Å². The molecular weight excluding hydrogens is 408 g/mol. The highest BCUT2D eigenvalue weighted by Gasteiger charge is 2.21. The van der Waals surface area contributed by atoms with Crippen LogP contribution >= 0.6 is 0 Å². The number of ketones is 2. The zero-order valence-electron chi connectivity index (χ0n) is 17.9. The van der Waals surface area contributed by atoms with Gasteiger partial charge in [0.05, 0.1) is 14.2 Å². The Bertz CT molecular complexity index is 1160. The van der Waals surface area contributed by atoms with Crippen LogP contribution < -0.4 is 9.47 Å². The molecule has 2 N–H and O–H groups in total. The van der Waals surface area contributed by atoms with E-state index in [0.29, 0.717) is 29.0 Å². The maximum atomic E-state index is 13.3. The number of carbonyl (C=O) groups is 2. The van der Waals surface area contributed by atoms with E-state index in [1.807, 2.05) is 0 Å². The van der Waals surface area contributed by atoms with Crippen LogP contribution in [0, 0.1) is 0 Å². The van der Waals surface area contributed by atoms with Gasteiger partial charge in [-0.05, 0) is 72.2 Å². The number of rotatable bonds is 9. The molecule has 0 bridgehead atoms. The first-order valence-corrected chi connectivity index (χ1v) is 9.95. The monoisotopic (exact) mass is 432 g/mol. The molecule has 0 aliphatic rings. The van der Waals surface area contributed by atoms with E-state index < -0.39 is 5.75 Å². The van der Waals surface area contributed by atoms with Gasteiger partial charge >= 0.3 is 0 Å². The molecule has 0 saturated carbocycles. The molecule has 0 spiro atoms. The van der Waals surface area contributed by atoms with Gasteiger partial charge in [0.15, 0.2) is 23.1 Å². The van der Waals surface area contributed by atoms with Crippen molar-refractivity contribution < 1.29 is 29.3 Å². The van der Waals surface area contributed by atoms with E-state index >= 15 is 0 Å². The van der Waals surface area contributed by atoms with Gasteiger partial charge in [-0.25, -0.2) is 0 Å². The first kappa shape index (κ1) is 22.6. The molecule has 3 rings (SSSR count). The Kier molecular flexibility index (Phi) is 6.95. The average molecular weight is 432 g/mol. The van der Waals surface area contributed by atoms with Crippen LogP contribution in [-0.2, 0) is 11.2 Å². The number of phenols is 2. The summed E-state index contributed by atoms with van der Waals surface area (Å²) in [5, 5.41) is 20.8. The lowest BCUT2D eigenvalue weighted by Crippen LogP contribution is -2.05. The van der Waals surface area contributed by atoms with Gasteiger partial charge in [-0.15, -0.1) is 0 Å². The third-order valence-corrected chi connectivity index (χ3v) is 5.19. The summed E-state index contributed by atoms with van der Waals surface area (Å²) in [6, 6.07) is 14.5. The molecule has 0 saturated heterocycles. The number of methoxy groups -OCH3 is 2. The third-order valence-electron chi connectivity index (χ3n) is 5.19. The average Bonchev–Trinajstić information content (AvgIpc) is 2.83. The van der Waals surface area contributed by atoms with Crippen molar-refractivity contribution in [2.45, 2.75) is 12.8 Å². The molecule has 3 aromatic rings. The van der Waals surface area contributed by atoms with Gasteiger partial charge in [0, 0.05) is 23.1 Å². The molecule has 6 heteroatoms. The Labute approximate surface area is 186 Å². The smallest absolute Gasteiger partial charge is 0.193 e. The molecule has 0 radical (unpaired) electrons. The lowest BCUT2D eigenvalue weighted by atomic mass is 9.91. The van der Waals surface area contributed by atoms with Crippen LogP contribution in [-0.4, -0.2) is 36.0 Å². The quantitative estimate of drug-likeness (QED) is 0.289. The van der Waals surface area contributed by atoms with Crippen molar-refractivity contribution in [1.82, 2.24) is 0 Å². The Morgan fingerprint density at radius 3 is 2.31 bits per heavy atom. The number of hydrogen-bond donors (Lipinski definition) is 2. The fraction of sp³-hybridized carbons (Fsp3) is 0.154. The summed E-state index contributed by atoms with van der Waals surface area (Å²) in [7, 11) is 3.06. The highest BCUT2D eigenvalue weighted by atomic mass is 16.5. The van der Waals surface area contributed by atoms with Crippen LogP contribution in [0.5, 0.6) is 23.0 Å². The summed E-state index contributed by atoms with van der Waals surface area (Å²) < 4.78 is 10.5. The topological polar surface area (TPSA) is 93.1 Å². The lowest BCUT2D eigenvalue weighted by molar-refractivity contribution is -0.114. The third kappa shape index (κ3) is 4.64. The van der Waals surface area contributed by atoms with Crippen LogP contribution in [0.3, 0.4) is 0 Å². The van der Waals surface area contributed by atoms with E-state index in [0.717, 1.165) is 5.56 Å². The standard InChI is InChI=1S/C26H24O6/c1-4-19(27)9-5-17-15-18(8-14-23(17)32-3)24-21(12-13-22(28)26(24)30)25(29)16-6-10-20(31-2)11-7-16/h4,6-8,10-15,28,30H,1,5,9H2,2-3H3. The van der Waals surface area contributed by atoms with Gasteiger partial charge in [0.2, 0.25) is 0 Å². The summed E-state index contributed by atoms with van der Waals surface area (Å²) >= 11 is 0. The number of allylic oxidation sites excluding steroid dienone is 1. The highest BCUT2D eigenvalue weighted by molar-refractivity contribution is 6.14. The molecule has 164 valence electrons. The molecule has 3 aromatic carbocycles. The number of aromatic hydroxyl groups is 2. The second-order valence-electron chi connectivity index (χ2n) is 7.11. The van der Waals surface area contributed by atoms with Gasteiger partial charge in [-0.1, -0.05) is 12.6 Å². The number of hydrogen-bond acceptors (Lipinski definition) is 6. The molecular formula is C26H24O6. The minimum absolute atomic E-state index is 0.104. The van der Waals surface area contributed by atoms with Crippen molar-refractivity contribution in [1.29, 1.82) is 0 Å². The second kappa shape index (κ2) is 9.83. The molecule has 0 fully saturated rings. The van der Waals surface area contributed by atoms with E-state index in [4.69, 9.17) is 9.47 Å². The SMILES string of the molecule is C=CC(=O)CCc1cc(-c2c(C(=O)c3ccc(OC)cc3)ccc(O)c2O)ccc1OC. The van der Waals surface area contributed by atoms with Gasteiger partial charge in [0.25, 0.3) is 0 Å². The second-order valence-corrected chi connectivity index (χ2v) is 7.11. The van der Waals surface area contributed by atoms with Gasteiger partial charge in [0.1, 0.15) is 11.5 Å². The molecule has 0 aliphatic heterocycles. The molecule has 0 atom stereocenters. The van der Waals surface area contributed by atoms with E-state index in [-0.39, 0.29) is 34.9 Å². The molecule has 32 heavy (non-hydrogen) atoms. The van der Waals surface area contributed by atoms with Crippen molar-refractivity contribution in [3.05, 3.63) is 83.9 Å². The first-order chi connectivity index (χ1) is 15.4. The van der Waals surface area contributed by atoms with E-state index in [2.05, 4.69) is 6.58 Å². The normalized spacial score (nSPS) is 10.4. The summed E-state index contributed by atoms with van der Waals surface area (Å²) in [4.78, 5) is 25.0. The molecule has 0 unspecified atom stereocenters. The maximum Gasteiger partial charge on any atom is 0.193 e. The van der Waals surface area contributed by atoms with E-state index in [1.54, 1.807) is 42.5 Å². The van der Waals surface area contributed by atoms with Crippen LogP contribution in [0.15, 0.2) is 67.3 Å². The Morgan fingerprint density at radius 2 is 1.69 bits per heavy atom. The molecule has 0 heterocycles. The fourth-order valence-electron chi connectivity index (χ4n) is 3.45. The largest absolute Gasteiger partial charge is 0.504 e.